The lowest BCUT2D eigenvalue weighted by atomic mass is 10.2. The van der Waals surface area contributed by atoms with Gasteiger partial charge < -0.3 is 10.1 Å². The number of anilines is 1. The summed E-state index contributed by atoms with van der Waals surface area (Å²) < 4.78 is 32.2. The first-order valence-corrected chi connectivity index (χ1v) is 9.96. The zero-order valence-electron chi connectivity index (χ0n) is 14.6. The van der Waals surface area contributed by atoms with E-state index in [0.29, 0.717) is 23.1 Å². The van der Waals surface area contributed by atoms with Gasteiger partial charge in [0, 0.05) is 23.7 Å². The van der Waals surface area contributed by atoms with Crippen LogP contribution in [0.3, 0.4) is 0 Å². The van der Waals surface area contributed by atoms with Crippen LogP contribution < -0.4 is 14.8 Å². The van der Waals surface area contributed by atoms with Crippen LogP contribution in [0.1, 0.15) is 18.9 Å². The van der Waals surface area contributed by atoms with Crippen molar-refractivity contribution in [3.05, 3.63) is 53.1 Å². The summed E-state index contributed by atoms with van der Waals surface area (Å²) in [5.41, 5.74) is 1.48. The third-order valence-corrected chi connectivity index (χ3v) is 5.27. The van der Waals surface area contributed by atoms with Gasteiger partial charge in [0.2, 0.25) is 15.9 Å². The van der Waals surface area contributed by atoms with Crippen molar-refractivity contribution in [3.63, 3.8) is 0 Å². The van der Waals surface area contributed by atoms with Gasteiger partial charge in [0.15, 0.2) is 0 Å². The summed E-state index contributed by atoms with van der Waals surface area (Å²) in [4.78, 5) is 12.1. The van der Waals surface area contributed by atoms with Gasteiger partial charge in [-0.2, -0.15) is 0 Å². The molecule has 0 saturated carbocycles. The predicted molar refractivity (Wildman–Crippen MR) is 102 cm³/mol. The van der Waals surface area contributed by atoms with Crippen LogP contribution in [0.2, 0.25) is 5.02 Å². The summed E-state index contributed by atoms with van der Waals surface area (Å²) in [7, 11) is -3.68. The third-order valence-electron chi connectivity index (χ3n) is 3.56. The van der Waals surface area contributed by atoms with Crippen LogP contribution in [-0.4, -0.2) is 27.5 Å². The Morgan fingerprint density at radius 1 is 1.15 bits per heavy atom. The summed E-state index contributed by atoms with van der Waals surface area (Å²) in [6.45, 7) is 4.19. The number of hydrogen-bond donors (Lipinski definition) is 2. The highest BCUT2D eigenvalue weighted by molar-refractivity contribution is 7.89. The SMILES string of the molecule is CCOc1ccc(S(=O)(=O)NCCC(=O)Nc2cc(Cl)ccc2C)cc1. The second-order valence-electron chi connectivity index (χ2n) is 5.56. The summed E-state index contributed by atoms with van der Waals surface area (Å²) in [6.07, 6.45) is 0.00220. The first-order chi connectivity index (χ1) is 12.3. The zero-order chi connectivity index (χ0) is 19.2. The van der Waals surface area contributed by atoms with Crippen molar-refractivity contribution in [2.24, 2.45) is 0 Å². The molecule has 0 aliphatic rings. The molecule has 0 unspecified atom stereocenters. The molecule has 1 amide bonds. The topological polar surface area (TPSA) is 84.5 Å². The van der Waals surface area contributed by atoms with E-state index in [0.717, 1.165) is 5.56 Å². The molecule has 0 atom stereocenters. The third kappa shape index (κ3) is 5.72. The molecule has 0 spiro atoms. The lowest BCUT2D eigenvalue weighted by Crippen LogP contribution is -2.28. The second kappa shape index (κ2) is 9.02. The number of aryl methyl sites for hydroxylation is 1. The van der Waals surface area contributed by atoms with Gasteiger partial charge in [-0.05, 0) is 55.8 Å². The van der Waals surface area contributed by atoms with Crippen LogP contribution in [0.4, 0.5) is 5.69 Å². The van der Waals surface area contributed by atoms with E-state index in [2.05, 4.69) is 10.0 Å². The Hall–Kier alpha value is -2.09. The van der Waals surface area contributed by atoms with E-state index in [9.17, 15) is 13.2 Å². The molecule has 0 radical (unpaired) electrons. The first kappa shape index (κ1) is 20.2. The number of nitrogens with one attached hydrogen (secondary N) is 2. The van der Waals surface area contributed by atoms with Crippen LogP contribution in [-0.2, 0) is 14.8 Å². The monoisotopic (exact) mass is 396 g/mol. The summed E-state index contributed by atoms with van der Waals surface area (Å²) >= 11 is 5.91. The molecule has 0 fully saturated rings. The zero-order valence-corrected chi connectivity index (χ0v) is 16.2. The quantitative estimate of drug-likeness (QED) is 0.716. The predicted octanol–water partition coefficient (Wildman–Crippen LogP) is 3.35. The standard InChI is InChI=1S/C18H21ClN2O4S/c1-3-25-15-6-8-16(9-7-15)26(23,24)20-11-10-18(22)21-17-12-14(19)5-4-13(17)2/h4-9,12,20H,3,10-11H2,1-2H3,(H,21,22). The van der Waals surface area contributed by atoms with E-state index in [1.54, 1.807) is 30.3 Å². The largest absolute Gasteiger partial charge is 0.494 e. The Labute approximate surface area is 158 Å². The van der Waals surface area contributed by atoms with E-state index in [1.807, 2.05) is 13.8 Å². The lowest BCUT2D eigenvalue weighted by molar-refractivity contribution is -0.116. The minimum absolute atomic E-state index is 0.00220. The molecule has 0 saturated heterocycles. The molecule has 0 aliphatic heterocycles. The van der Waals surface area contributed by atoms with Crippen LogP contribution in [0.5, 0.6) is 5.75 Å². The van der Waals surface area contributed by atoms with E-state index in [4.69, 9.17) is 16.3 Å². The maximum Gasteiger partial charge on any atom is 0.240 e. The van der Waals surface area contributed by atoms with Crippen LogP contribution in [0, 0.1) is 6.92 Å². The molecule has 0 aromatic heterocycles. The molecule has 2 N–H and O–H groups in total. The Morgan fingerprint density at radius 2 is 1.85 bits per heavy atom. The fourth-order valence-corrected chi connectivity index (χ4v) is 3.41. The minimum atomic E-state index is -3.68. The van der Waals surface area contributed by atoms with Gasteiger partial charge in [0.25, 0.3) is 0 Å². The maximum absolute atomic E-state index is 12.2. The molecule has 0 aliphatic carbocycles. The van der Waals surface area contributed by atoms with E-state index in [-0.39, 0.29) is 23.8 Å². The molecule has 2 rings (SSSR count). The number of hydrogen-bond acceptors (Lipinski definition) is 4. The number of carbonyl (C=O) groups excluding carboxylic acids is 1. The first-order valence-electron chi connectivity index (χ1n) is 8.10. The number of rotatable bonds is 8. The van der Waals surface area contributed by atoms with E-state index >= 15 is 0 Å². The second-order valence-corrected chi connectivity index (χ2v) is 7.76. The van der Waals surface area contributed by atoms with Gasteiger partial charge in [-0.1, -0.05) is 17.7 Å². The molecule has 8 heteroatoms. The van der Waals surface area contributed by atoms with E-state index < -0.39 is 10.0 Å². The Balaban J connectivity index is 1.89. The smallest absolute Gasteiger partial charge is 0.240 e. The number of carbonyl (C=O) groups is 1. The van der Waals surface area contributed by atoms with E-state index in [1.165, 1.54) is 12.1 Å². The number of benzene rings is 2. The van der Waals surface area contributed by atoms with Gasteiger partial charge >= 0.3 is 0 Å². The Bertz CT molecular complexity index is 867. The number of sulfonamides is 1. The van der Waals surface area contributed by atoms with Gasteiger partial charge in [-0.3, -0.25) is 4.79 Å². The van der Waals surface area contributed by atoms with Gasteiger partial charge in [-0.25, -0.2) is 13.1 Å². The van der Waals surface area contributed by atoms with Crippen LogP contribution in [0.15, 0.2) is 47.4 Å². The van der Waals surface area contributed by atoms with Crippen molar-refractivity contribution in [1.82, 2.24) is 4.72 Å². The number of halogens is 1. The fraction of sp³-hybridized carbons (Fsp3) is 0.278. The maximum atomic E-state index is 12.2. The average Bonchev–Trinajstić information content (AvgIpc) is 2.59. The summed E-state index contributed by atoms with van der Waals surface area (Å²) in [5.74, 6) is 0.299. The molecule has 26 heavy (non-hydrogen) atoms. The van der Waals surface area contributed by atoms with Crippen molar-refractivity contribution in [1.29, 1.82) is 0 Å². The average molecular weight is 397 g/mol. The Kier molecular flexibility index (Phi) is 7.02. The van der Waals surface area contributed by atoms with Gasteiger partial charge in [0.1, 0.15) is 5.75 Å². The highest BCUT2D eigenvalue weighted by Gasteiger charge is 2.14. The molecule has 0 bridgehead atoms. The number of amides is 1. The molecule has 2 aromatic carbocycles. The molecule has 0 heterocycles. The molecular weight excluding hydrogens is 376 g/mol. The normalized spacial score (nSPS) is 11.2. The van der Waals surface area contributed by atoms with Crippen molar-refractivity contribution >= 4 is 33.2 Å². The van der Waals surface area contributed by atoms with Crippen molar-refractivity contribution in [2.45, 2.75) is 25.2 Å². The molecule has 140 valence electrons. The van der Waals surface area contributed by atoms with Crippen molar-refractivity contribution in [2.75, 3.05) is 18.5 Å². The van der Waals surface area contributed by atoms with Gasteiger partial charge in [-0.15, -0.1) is 0 Å². The molecule has 2 aromatic rings. The summed E-state index contributed by atoms with van der Waals surface area (Å²) in [6, 6.07) is 11.3. The van der Waals surface area contributed by atoms with Crippen LogP contribution >= 0.6 is 11.6 Å². The minimum Gasteiger partial charge on any atom is -0.494 e. The van der Waals surface area contributed by atoms with Crippen LogP contribution in [0.25, 0.3) is 0 Å². The lowest BCUT2D eigenvalue weighted by Gasteiger charge is -2.10. The molecular formula is C18H21ClN2O4S. The molecule has 6 nitrogen and oxygen atoms in total. The van der Waals surface area contributed by atoms with Gasteiger partial charge in [0.05, 0.1) is 11.5 Å². The highest BCUT2D eigenvalue weighted by Crippen LogP contribution is 2.20. The Morgan fingerprint density at radius 3 is 2.50 bits per heavy atom. The van der Waals surface area contributed by atoms with Crippen molar-refractivity contribution < 1.29 is 17.9 Å². The fourth-order valence-electron chi connectivity index (χ4n) is 2.21. The van der Waals surface area contributed by atoms with Crippen molar-refractivity contribution in [3.8, 4) is 5.75 Å². The number of ether oxygens (including phenoxy) is 1. The highest BCUT2D eigenvalue weighted by atomic mass is 35.5. The summed E-state index contributed by atoms with van der Waals surface area (Å²) in [5, 5.41) is 3.24.